The van der Waals surface area contributed by atoms with Gasteiger partial charge in [0.2, 0.25) is 0 Å². The van der Waals surface area contributed by atoms with E-state index in [1.165, 1.54) is 32.2 Å². The summed E-state index contributed by atoms with van der Waals surface area (Å²) in [7, 11) is 1.23. The molecule has 0 aliphatic rings. The molecule has 0 aromatic heterocycles. The zero-order valence-corrected chi connectivity index (χ0v) is 18.1. The molecule has 0 saturated heterocycles. The van der Waals surface area contributed by atoms with E-state index in [9.17, 15) is 14.4 Å². The van der Waals surface area contributed by atoms with Gasteiger partial charge in [-0.2, -0.15) is 0 Å². The molecule has 0 spiro atoms. The third kappa shape index (κ3) is 5.51. The number of esters is 1. The normalized spacial score (nSPS) is 10.2. The Morgan fingerprint density at radius 2 is 1.41 bits per heavy atom. The standard InChI is InChI=1S/C25H24N2O5/c1-4-26-18-6-10-20(11-7-18)32-21-12-8-19(9-13-21)27-24(29)23-15-17(16(2)28)5-14-22(23)25(30)31-3/h5-15,26H,4H2,1-3H3,(H,27,29). The molecule has 1 amide bonds. The molecule has 164 valence electrons. The molecular weight excluding hydrogens is 408 g/mol. The third-order valence-electron chi connectivity index (χ3n) is 4.66. The van der Waals surface area contributed by atoms with Crippen molar-refractivity contribution < 1.29 is 23.9 Å². The second-order valence-corrected chi connectivity index (χ2v) is 6.94. The van der Waals surface area contributed by atoms with E-state index < -0.39 is 11.9 Å². The number of carbonyl (C=O) groups is 3. The highest BCUT2D eigenvalue weighted by molar-refractivity contribution is 6.12. The van der Waals surface area contributed by atoms with Gasteiger partial charge in [-0.25, -0.2) is 4.79 Å². The van der Waals surface area contributed by atoms with E-state index in [1.807, 2.05) is 31.2 Å². The van der Waals surface area contributed by atoms with Gasteiger partial charge in [-0.1, -0.05) is 6.07 Å². The van der Waals surface area contributed by atoms with E-state index in [1.54, 1.807) is 24.3 Å². The lowest BCUT2D eigenvalue weighted by Gasteiger charge is -2.11. The van der Waals surface area contributed by atoms with E-state index >= 15 is 0 Å². The summed E-state index contributed by atoms with van der Waals surface area (Å²) in [6.07, 6.45) is 0. The van der Waals surface area contributed by atoms with E-state index in [4.69, 9.17) is 9.47 Å². The van der Waals surface area contributed by atoms with Crippen LogP contribution in [0.5, 0.6) is 11.5 Å². The van der Waals surface area contributed by atoms with Gasteiger partial charge in [-0.05, 0) is 74.5 Å². The van der Waals surface area contributed by atoms with E-state index in [0.717, 1.165) is 12.2 Å². The molecule has 7 nitrogen and oxygen atoms in total. The monoisotopic (exact) mass is 432 g/mol. The topological polar surface area (TPSA) is 93.7 Å². The molecule has 0 bridgehead atoms. The number of ketones is 1. The summed E-state index contributed by atoms with van der Waals surface area (Å²) in [5.74, 6) is -0.106. The van der Waals surface area contributed by atoms with Crippen molar-refractivity contribution in [3.63, 3.8) is 0 Å². The van der Waals surface area contributed by atoms with Gasteiger partial charge >= 0.3 is 5.97 Å². The van der Waals surface area contributed by atoms with Crippen LogP contribution in [-0.2, 0) is 4.74 Å². The lowest BCUT2D eigenvalue weighted by Crippen LogP contribution is -2.18. The number of Topliss-reactive ketones (excluding diaryl/α,β-unsaturated/α-hetero) is 1. The molecule has 7 heteroatoms. The first kappa shape index (κ1) is 22.6. The number of anilines is 2. The third-order valence-corrected chi connectivity index (χ3v) is 4.66. The summed E-state index contributed by atoms with van der Waals surface area (Å²) < 4.78 is 10.6. The quantitative estimate of drug-likeness (QED) is 0.378. The van der Waals surface area contributed by atoms with Crippen molar-refractivity contribution >= 4 is 29.0 Å². The van der Waals surface area contributed by atoms with E-state index in [0.29, 0.717) is 22.7 Å². The van der Waals surface area contributed by atoms with Crippen molar-refractivity contribution in [2.45, 2.75) is 13.8 Å². The smallest absolute Gasteiger partial charge is 0.338 e. The molecule has 0 aliphatic carbocycles. The molecule has 0 unspecified atom stereocenters. The van der Waals surface area contributed by atoms with Gasteiger partial charge in [0.25, 0.3) is 5.91 Å². The average Bonchev–Trinajstić information content (AvgIpc) is 2.80. The Bertz CT molecular complexity index is 1120. The Hall–Kier alpha value is -4.13. The predicted octanol–water partition coefficient (Wildman–Crippen LogP) is 5.15. The van der Waals surface area contributed by atoms with Crippen LogP contribution in [0.15, 0.2) is 66.7 Å². The van der Waals surface area contributed by atoms with Crippen LogP contribution in [0, 0.1) is 0 Å². The second kappa shape index (κ2) is 10.3. The molecule has 0 heterocycles. The van der Waals surface area contributed by atoms with Gasteiger partial charge in [-0.15, -0.1) is 0 Å². The first-order valence-corrected chi connectivity index (χ1v) is 10.1. The summed E-state index contributed by atoms with van der Waals surface area (Å²) in [6, 6.07) is 18.7. The number of methoxy groups -OCH3 is 1. The summed E-state index contributed by atoms with van der Waals surface area (Å²) in [5, 5.41) is 5.95. The maximum atomic E-state index is 12.8. The first-order valence-electron chi connectivity index (χ1n) is 10.1. The largest absolute Gasteiger partial charge is 0.465 e. The van der Waals surface area contributed by atoms with Crippen molar-refractivity contribution in [2.24, 2.45) is 0 Å². The molecule has 0 radical (unpaired) electrons. The fourth-order valence-electron chi connectivity index (χ4n) is 3.02. The van der Waals surface area contributed by atoms with Gasteiger partial charge in [-0.3, -0.25) is 9.59 Å². The lowest BCUT2D eigenvalue weighted by molar-refractivity contribution is 0.0597. The van der Waals surface area contributed by atoms with Crippen molar-refractivity contribution in [1.29, 1.82) is 0 Å². The van der Waals surface area contributed by atoms with Crippen LogP contribution in [0.2, 0.25) is 0 Å². The molecule has 0 atom stereocenters. The first-order chi connectivity index (χ1) is 15.4. The number of benzene rings is 3. The average molecular weight is 432 g/mol. The number of amides is 1. The highest BCUT2D eigenvalue weighted by Crippen LogP contribution is 2.25. The van der Waals surface area contributed by atoms with Gasteiger partial charge in [0, 0.05) is 23.5 Å². The highest BCUT2D eigenvalue weighted by atomic mass is 16.5. The van der Waals surface area contributed by atoms with Crippen LogP contribution >= 0.6 is 0 Å². The number of ether oxygens (including phenoxy) is 2. The van der Waals surface area contributed by atoms with Gasteiger partial charge < -0.3 is 20.1 Å². The van der Waals surface area contributed by atoms with Crippen LogP contribution in [0.1, 0.15) is 44.9 Å². The van der Waals surface area contributed by atoms with Crippen LogP contribution < -0.4 is 15.4 Å². The molecule has 0 fully saturated rings. The van der Waals surface area contributed by atoms with Crippen LogP contribution in [0.4, 0.5) is 11.4 Å². The van der Waals surface area contributed by atoms with Gasteiger partial charge in [0.1, 0.15) is 11.5 Å². The lowest BCUT2D eigenvalue weighted by atomic mass is 10.0. The number of hydrogen-bond donors (Lipinski definition) is 2. The predicted molar refractivity (Wildman–Crippen MR) is 123 cm³/mol. The molecule has 0 saturated carbocycles. The SMILES string of the molecule is CCNc1ccc(Oc2ccc(NC(=O)c3cc(C(C)=O)ccc3C(=O)OC)cc2)cc1. The summed E-state index contributed by atoms with van der Waals surface area (Å²) >= 11 is 0. The summed E-state index contributed by atoms with van der Waals surface area (Å²) in [6.45, 7) is 4.26. The number of carbonyl (C=O) groups excluding carboxylic acids is 3. The Kier molecular flexibility index (Phi) is 7.23. The minimum absolute atomic E-state index is 0.0608. The van der Waals surface area contributed by atoms with Crippen LogP contribution in [0.25, 0.3) is 0 Å². The fourth-order valence-corrected chi connectivity index (χ4v) is 3.02. The Balaban J connectivity index is 1.73. The van der Waals surface area contributed by atoms with Gasteiger partial charge in [0.05, 0.1) is 18.2 Å². The Labute approximate surface area is 186 Å². The molecule has 2 N–H and O–H groups in total. The number of hydrogen-bond acceptors (Lipinski definition) is 6. The van der Waals surface area contributed by atoms with Gasteiger partial charge in [0.15, 0.2) is 5.78 Å². The maximum Gasteiger partial charge on any atom is 0.338 e. The zero-order valence-electron chi connectivity index (χ0n) is 18.1. The second-order valence-electron chi connectivity index (χ2n) is 6.94. The van der Waals surface area contributed by atoms with Crippen molar-refractivity contribution in [3.8, 4) is 11.5 Å². The van der Waals surface area contributed by atoms with Crippen LogP contribution in [0.3, 0.4) is 0 Å². The highest BCUT2D eigenvalue weighted by Gasteiger charge is 2.19. The molecule has 3 aromatic carbocycles. The van der Waals surface area contributed by atoms with Crippen molar-refractivity contribution in [1.82, 2.24) is 0 Å². The Morgan fingerprint density at radius 1 is 0.812 bits per heavy atom. The van der Waals surface area contributed by atoms with Crippen molar-refractivity contribution in [3.05, 3.63) is 83.4 Å². The number of nitrogens with one attached hydrogen (secondary N) is 2. The van der Waals surface area contributed by atoms with Crippen molar-refractivity contribution in [2.75, 3.05) is 24.3 Å². The Morgan fingerprint density at radius 3 is 1.94 bits per heavy atom. The van der Waals surface area contributed by atoms with Crippen LogP contribution in [-0.4, -0.2) is 31.3 Å². The number of rotatable bonds is 8. The zero-order chi connectivity index (χ0) is 23.1. The molecule has 32 heavy (non-hydrogen) atoms. The van der Waals surface area contributed by atoms with E-state index in [-0.39, 0.29) is 16.9 Å². The summed E-state index contributed by atoms with van der Waals surface area (Å²) in [5.41, 5.74) is 1.99. The summed E-state index contributed by atoms with van der Waals surface area (Å²) in [4.78, 5) is 36.6. The fraction of sp³-hybridized carbons (Fsp3) is 0.160. The molecule has 3 rings (SSSR count). The molecule has 3 aromatic rings. The maximum absolute atomic E-state index is 12.8. The minimum atomic E-state index is -0.658. The molecule has 0 aliphatic heterocycles. The molecular formula is C25H24N2O5. The van der Waals surface area contributed by atoms with E-state index in [2.05, 4.69) is 10.6 Å². The minimum Gasteiger partial charge on any atom is -0.465 e.